The van der Waals surface area contributed by atoms with Gasteiger partial charge >= 0.3 is 0 Å². The van der Waals surface area contributed by atoms with Crippen LogP contribution in [0.1, 0.15) is 47.0 Å². The van der Waals surface area contributed by atoms with Gasteiger partial charge in [0.25, 0.3) is 0 Å². The van der Waals surface area contributed by atoms with E-state index in [1.54, 1.807) is 5.57 Å². The fourth-order valence-electron chi connectivity index (χ4n) is 3.02. The monoisotopic (exact) mass is 190 g/mol. The van der Waals surface area contributed by atoms with Crippen LogP contribution in [0.2, 0.25) is 0 Å². The van der Waals surface area contributed by atoms with E-state index in [1.165, 1.54) is 19.3 Å². The number of fused-ring (bicyclic) bond motifs is 1. The fraction of sp³-hybridized carbons (Fsp3) is 0.714. The van der Waals surface area contributed by atoms with Gasteiger partial charge in [0.15, 0.2) is 0 Å². The van der Waals surface area contributed by atoms with Crippen molar-refractivity contribution < 1.29 is 0 Å². The Balaban J connectivity index is 2.38. The Morgan fingerprint density at radius 1 is 1.14 bits per heavy atom. The lowest BCUT2D eigenvalue weighted by Crippen LogP contribution is -2.38. The van der Waals surface area contributed by atoms with E-state index in [0.29, 0.717) is 10.8 Å². The lowest BCUT2D eigenvalue weighted by Gasteiger charge is -2.49. The molecule has 0 heterocycles. The Labute approximate surface area is 88.1 Å². The quantitative estimate of drug-likeness (QED) is 0.533. The van der Waals surface area contributed by atoms with Gasteiger partial charge in [0, 0.05) is 0 Å². The Bertz CT molecular complexity index is 289. The summed E-state index contributed by atoms with van der Waals surface area (Å²) in [6, 6.07) is 0. The van der Waals surface area contributed by atoms with Crippen molar-refractivity contribution in [2.75, 3.05) is 0 Å². The molecule has 0 bridgehead atoms. The zero-order valence-corrected chi connectivity index (χ0v) is 9.93. The first-order valence-electron chi connectivity index (χ1n) is 5.81. The summed E-state index contributed by atoms with van der Waals surface area (Å²) in [5.41, 5.74) is 2.63. The summed E-state index contributed by atoms with van der Waals surface area (Å²) in [4.78, 5) is 0. The summed E-state index contributed by atoms with van der Waals surface area (Å²) in [5.74, 6) is 0.788. The topological polar surface area (TPSA) is 0 Å². The molecule has 14 heavy (non-hydrogen) atoms. The van der Waals surface area contributed by atoms with Gasteiger partial charge in [0.05, 0.1) is 0 Å². The number of allylic oxidation sites excluding steroid dienone is 4. The van der Waals surface area contributed by atoms with Gasteiger partial charge < -0.3 is 0 Å². The zero-order chi connectivity index (χ0) is 10.4. The molecule has 0 aromatic carbocycles. The molecule has 0 aliphatic heterocycles. The standard InChI is InChI=1S/C14H22/c1-13(2)9-10-14(3,4)12-8-6-5-7-11(12)13/h5-7,12H,8-10H2,1-4H3. The van der Waals surface area contributed by atoms with Crippen LogP contribution < -0.4 is 0 Å². The third-order valence-corrected chi connectivity index (χ3v) is 4.28. The Hall–Kier alpha value is -0.520. The van der Waals surface area contributed by atoms with Crippen molar-refractivity contribution in [3.8, 4) is 0 Å². The summed E-state index contributed by atoms with van der Waals surface area (Å²) in [5, 5.41) is 0. The van der Waals surface area contributed by atoms with Crippen LogP contribution in [0.5, 0.6) is 0 Å². The second-order valence-electron chi connectivity index (χ2n) is 6.21. The summed E-state index contributed by atoms with van der Waals surface area (Å²) in [7, 11) is 0. The van der Waals surface area contributed by atoms with Crippen LogP contribution >= 0.6 is 0 Å². The molecule has 1 unspecified atom stereocenters. The van der Waals surface area contributed by atoms with Gasteiger partial charge in [-0.25, -0.2) is 0 Å². The molecule has 0 radical (unpaired) electrons. The minimum atomic E-state index is 0.435. The smallest absolute Gasteiger partial charge is 0.0109 e. The third kappa shape index (κ3) is 1.45. The summed E-state index contributed by atoms with van der Waals surface area (Å²) in [6.07, 6.45) is 10.9. The Morgan fingerprint density at radius 3 is 2.50 bits per heavy atom. The average Bonchev–Trinajstić information content (AvgIpc) is 2.14. The normalized spacial score (nSPS) is 33.4. The first-order chi connectivity index (χ1) is 6.43. The molecular formula is C14H22. The van der Waals surface area contributed by atoms with Crippen LogP contribution in [0.15, 0.2) is 23.8 Å². The second-order valence-corrected chi connectivity index (χ2v) is 6.21. The molecular weight excluding hydrogens is 168 g/mol. The fourth-order valence-corrected chi connectivity index (χ4v) is 3.02. The van der Waals surface area contributed by atoms with Crippen molar-refractivity contribution in [1.82, 2.24) is 0 Å². The molecule has 0 saturated heterocycles. The van der Waals surface area contributed by atoms with Crippen LogP contribution in [0, 0.1) is 16.7 Å². The van der Waals surface area contributed by atoms with Crippen LogP contribution in [0.3, 0.4) is 0 Å². The SMILES string of the molecule is CC1(C)CCC(C)(C)C2CC=CC=C21. The Morgan fingerprint density at radius 2 is 1.86 bits per heavy atom. The molecule has 1 saturated carbocycles. The molecule has 2 aliphatic carbocycles. The van der Waals surface area contributed by atoms with Gasteiger partial charge in [-0.15, -0.1) is 0 Å². The van der Waals surface area contributed by atoms with E-state index in [9.17, 15) is 0 Å². The molecule has 0 aromatic heterocycles. The maximum atomic E-state index is 2.43. The molecule has 2 aliphatic rings. The largest absolute Gasteiger partial charge is 0.0839 e. The molecule has 0 heteroatoms. The number of hydrogen-bond acceptors (Lipinski definition) is 0. The van der Waals surface area contributed by atoms with Gasteiger partial charge in [-0.2, -0.15) is 0 Å². The first-order valence-corrected chi connectivity index (χ1v) is 5.81. The number of rotatable bonds is 0. The highest BCUT2D eigenvalue weighted by atomic mass is 14.5. The first kappa shape index (κ1) is 10.0. The lowest BCUT2D eigenvalue weighted by atomic mass is 9.56. The van der Waals surface area contributed by atoms with Crippen molar-refractivity contribution >= 4 is 0 Å². The molecule has 2 rings (SSSR count). The van der Waals surface area contributed by atoms with Crippen molar-refractivity contribution in [2.45, 2.75) is 47.0 Å². The number of hydrogen-bond donors (Lipinski definition) is 0. The van der Waals surface area contributed by atoms with Gasteiger partial charge in [0.1, 0.15) is 0 Å². The van der Waals surface area contributed by atoms with E-state index in [-0.39, 0.29) is 0 Å². The molecule has 1 atom stereocenters. The van der Waals surface area contributed by atoms with Crippen molar-refractivity contribution in [2.24, 2.45) is 16.7 Å². The molecule has 0 amide bonds. The van der Waals surface area contributed by atoms with E-state index in [1.807, 2.05) is 0 Å². The van der Waals surface area contributed by atoms with Crippen LogP contribution in [0.25, 0.3) is 0 Å². The molecule has 0 aromatic rings. The third-order valence-electron chi connectivity index (χ3n) is 4.28. The van der Waals surface area contributed by atoms with Crippen molar-refractivity contribution in [3.63, 3.8) is 0 Å². The summed E-state index contributed by atoms with van der Waals surface area (Å²) in [6.45, 7) is 9.67. The highest BCUT2D eigenvalue weighted by molar-refractivity contribution is 5.29. The van der Waals surface area contributed by atoms with E-state index >= 15 is 0 Å². The van der Waals surface area contributed by atoms with E-state index in [4.69, 9.17) is 0 Å². The van der Waals surface area contributed by atoms with Gasteiger partial charge in [0.2, 0.25) is 0 Å². The van der Waals surface area contributed by atoms with Crippen LogP contribution in [0.4, 0.5) is 0 Å². The molecule has 0 nitrogen and oxygen atoms in total. The predicted molar refractivity (Wildman–Crippen MR) is 62.1 cm³/mol. The zero-order valence-electron chi connectivity index (χ0n) is 9.93. The van der Waals surface area contributed by atoms with E-state index in [2.05, 4.69) is 45.9 Å². The summed E-state index contributed by atoms with van der Waals surface area (Å²) < 4.78 is 0. The minimum absolute atomic E-state index is 0.435. The summed E-state index contributed by atoms with van der Waals surface area (Å²) >= 11 is 0. The maximum Gasteiger partial charge on any atom is -0.0109 e. The molecule has 0 N–H and O–H groups in total. The Kier molecular flexibility index (Phi) is 2.13. The second kappa shape index (κ2) is 2.98. The highest BCUT2D eigenvalue weighted by Crippen LogP contribution is 2.54. The van der Waals surface area contributed by atoms with Gasteiger partial charge in [-0.1, -0.05) is 51.5 Å². The molecule has 78 valence electrons. The molecule has 0 spiro atoms. The van der Waals surface area contributed by atoms with E-state index in [0.717, 1.165) is 5.92 Å². The lowest BCUT2D eigenvalue weighted by molar-refractivity contribution is 0.123. The molecule has 1 fully saturated rings. The van der Waals surface area contributed by atoms with Crippen LogP contribution in [-0.2, 0) is 0 Å². The van der Waals surface area contributed by atoms with Crippen LogP contribution in [-0.4, -0.2) is 0 Å². The van der Waals surface area contributed by atoms with E-state index < -0.39 is 0 Å². The predicted octanol–water partition coefficient (Wildman–Crippen LogP) is 4.34. The van der Waals surface area contributed by atoms with Gasteiger partial charge in [-0.3, -0.25) is 0 Å². The van der Waals surface area contributed by atoms with Gasteiger partial charge in [-0.05, 0) is 36.0 Å². The average molecular weight is 190 g/mol. The minimum Gasteiger partial charge on any atom is -0.0839 e. The van der Waals surface area contributed by atoms with Crippen molar-refractivity contribution in [1.29, 1.82) is 0 Å². The maximum absolute atomic E-state index is 2.43. The van der Waals surface area contributed by atoms with Crippen molar-refractivity contribution in [3.05, 3.63) is 23.8 Å². The highest BCUT2D eigenvalue weighted by Gasteiger charge is 2.43.